The molecule has 25 heavy (non-hydrogen) atoms. The van der Waals surface area contributed by atoms with Gasteiger partial charge in [0.1, 0.15) is 5.82 Å². The summed E-state index contributed by atoms with van der Waals surface area (Å²) in [5.41, 5.74) is 0.449. The first-order valence-electron chi connectivity index (χ1n) is 7.94. The van der Waals surface area contributed by atoms with Crippen LogP contribution in [0.2, 0.25) is 0 Å². The largest absolute Gasteiger partial charge is 0.348 e. The Balaban J connectivity index is 2.13. The molecule has 1 atom stereocenters. The highest BCUT2D eigenvalue weighted by molar-refractivity contribution is 7.10. The van der Waals surface area contributed by atoms with Crippen LogP contribution in [0.3, 0.4) is 0 Å². The Hall–Kier alpha value is -2.47. The number of thiophene rings is 1. The smallest absolute Gasteiger partial charge is 0.225 e. The number of hydrogen-bond acceptors (Lipinski definition) is 3. The zero-order valence-corrected chi connectivity index (χ0v) is 14.9. The zero-order valence-electron chi connectivity index (χ0n) is 14.1. The van der Waals surface area contributed by atoms with Crippen molar-refractivity contribution in [3.8, 4) is 0 Å². The van der Waals surface area contributed by atoms with E-state index in [2.05, 4.69) is 11.9 Å². The Bertz CT molecular complexity index is 731. The number of benzene rings is 1. The molecule has 0 unspecified atom stereocenters. The highest BCUT2D eigenvalue weighted by Gasteiger charge is 2.22. The van der Waals surface area contributed by atoms with Crippen LogP contribution in [0.4, 0.5) is 4.39 Å². The number of halogens is 1. The summed E-state index contributed by atoms with van der Waals surface area (Å²) in [6, 6.07) is 9.75. The molecule has 2 aromatic rings. The SMILES string of the molecule is C=CCN(Cc1ccccc1F)C(=O)C[C@H](NC(C)=O)c1cccs1. The molecule has 0 aliphatic heterocycles. The molecule has 1 aromatic carbocycles. The second kappa shape index (κ2) is 9.13. The molecule has 1 aromatic heterocycles. The summed E-state index contributed by atoms with van der Waals surface area (Å²) < 4.78 is 13.9. The molecule has 2 rings (SSSR count). The molecule has 0 aliphatic rings. The molecule has 0 bridgehead atoms. The number of hydrogen-bond donors (Lipinski definition) is 1. The van der Waals surface area contributed by atoms with E-state index in [9.17, 15) is 14.0 Å². The molecule has 2 amide bonds. The van der Waals surface area contributed by atoms with Gasteiger partial charge in [0.15, 0.2) is 0 Å². The van der Waals surface area contributed by atoms with Crippen molar-refractivity contribution in [2.75, 3.05) is 6.54 Å². The van der Waals surface area contributed by atoms with E-state index in [4.69, 9.17) is 0 Å². The molecule has 1 heterocycles. The van der Waals surface area contributed by atoms with Gasteiger partial charge in [0, 0.05) is 30.5 Å². The lowest BCUT2D eigenvalue weighted by molar-refractivity contribution is -0.132. The van der Waals surface area contributed by atoms with Crippen LogP contribution in [0.15, 0.2) is 54.4 Å². The van der Waals surface area contributed by atoms with Gasteiger partial charge in [-0.25, -0.2) is 4.39 Å². The third-order valence-corrected chi connectivity index (χ3v) is 4.65. The van der Waals surface area contributed by atoms with Gasteiger partial charge in [0.25, 0.3) is 0 Å². The Kier molecular flexibility index (Phi) is 6.89. The number of nitrogens with one attached hydrogen (secondary N) is 1. The van der Waals surface area contributed by atoms with Crippen molar-refractivity contribution >= 4 is 23.2 Å². The molecule has 0 radical (unpaired) electrons. The van der Waals surface area contributed by atoms with Gasteiger partial charge in [0.05, 0.1) is 12.5 Å². The van der Waals surface area contributed by atoms with E-state index in [1.807, 2.05) is 17.5 Å². The Morgan fingerprint density at radius 3 is 2.68 bits per heavy atom. The minimum Gasteiger partial charge on any atom is -0.348 e. The van der Waals surface area contributed by atoms with Gasteiger partial charge in [-0.15, -0.1) is 17.9 Å². The fourth-order valence-electron chi connectivity index (χ4n) is 2.50. The summed E-state index contributed by atoms with van der Waals surface area (Å²) >= 11 is 1.48. The van der Waals surface area contributed by atoms with Crippen molar-refractivity contribution in [3.05, 3.63) is 70.7 Å². The van der Waals surface area contributed by atoms with Crippen molar-refractivity contribution in [3.63, 3.8) is 0 Å². The van der Waals surface area contributed by atoms with Gasteiger partial charge in [-0.3, -0.25) is 9.59 Å². The van der Waals surface area contributed by atoms with Crippen molar-refractivity contribution in [2.45, 2.75) is 25.9 Å². The van der Waals surface area contributed by atoms with Crippen molar-refractivity contribution in [2.24, 2.45) is 0 Å². The second-order valence-corrected chi connectivity index (χ2v) is 6.61. The monoisotopic (exact) mass is 360 g/mol. The minimum absolute atomic E-state index is 0.113. The molecule has 0 saturated carbocycles. The number of amides is 2. The topological polar surface area (TPSA) is 49.4 Å². The van der Waals surface area contributed by atoms with Crippen LogP contribution in [0.25, 0.3) is 0 Å². The maximum Gasteiger partial charge on any atom is 0.225 e. The maximum absolute atomic E-state index is 13.9. The summed E-state index contributed by atoms with van der Waals surface area (Å²) in [6.07, 6.45) is 1.72. The molecule has 0 spiro atoms. The van der Waals surface area contributed by atoms with Gasteiger partial charge in [-0.1, -0.05) is 30.3 Å². The first-order valence-corrected chi connectivity index (χ1v) is 8.81. The van der Waals surface area contributed by atoms with Gasteiger partial charge >= 0.3 is 0 Å². The normalized spacial score (nSPS) is 11.6. The van der Waals surface area contributed by atoms with Crippen molar-refractivity contribution in [1.82, 2.24) is 10.2 Å². The summed E-state index contributed by atoms with van der Waals surface area (Å²) in [6.45, 7) is 5.56. The Morgan fingerprint density at radius 1 is 1.32 bits per heavy atom. The number of rotatable bonds is 8. The number of carbonyl (C=O) groups is 2. The molecule has 4 nitrogen and oxygen atoms in total. The Labute approximate surface area is 151 Å². The first kappa shape index (κ1) is 18.9. The molecule has 132 valence electrons. The highest BCUT2D eigenvalue weighted by Crippen LogP contribution is 2.23. The van der Waals surface area contributed by atoms with Crippen LogP contribution in [-0.4, -0.2) is 23.3 Å². The third kappa shape index (κ3) is 5.53. The summed E-state index contributed by atoms with van der Waals surface area (Å²) in [7, 11) is 0. The van der Waals surface area contributed by atoms with Crippen LogP contribution in [0.1, 0.15) is 29.8 Å². The molecule has 0 fully saturated rings. The number of nitrogens with zero attached hydrogens (tertiary/aromatic N) is 1. The average molecular weight is 360 g/mol. The highest BCUT2D eigenvalue weighted by atomic mass is 32.1. The van der Waals surface area contributed by atoms with Gasteiger partial charge in [0.2, 0.25) is 11.8 Å². The second-order valence-electron chi connectivity index (χ2n) is 5.63. The molecule has 0 aliphatic carbocycles. The van der Waals surface area contributed by atoms with E-state index in [0.717, 1.165) is 4.88 Å². The summed E-state index contributed by atoms with van der Waals surface area (Å²) in [5, 5.41) is 4.71. The third-order valence-electron chi connectivity index (χ3n) is 3.66. The van der Waals surface area contributed by atoms with Gasteiger partial charge in [-0.2, -0.15) is 0 Å². The van der Waals surface area contributed by atoms with E-state index in [1.165, 1.54) is 29.2 Å². The molecular formula is C19H21FN2O2S. The summed E-state index contributed by atoms with van der Waals surface area (Å²) in [4.78, 5) is 26.7. The fraction of sp³-hybridized carbons (Fsp3) is 0.263. The van der Waals surface area contributed by atoms with Crippen LogP contribution in [0.5, 0.6) is 0 Å². The molecule has 0 saturated heterocycles. The fourth-order valence-corrected chi connectivity index (χ4v) is 3.28. The summed E-state index contributed by atoms with van der Waals surface area (Å²) in [5.74, 6) is -0.716. The number of carbonyl (C=O) groups excluding carboxylic acids is 2. The van der Waals surface area contributed by atoms with Crippen LogP contribution < -0.4 is 5.32 Å². The van der Waals surface area contributed by atoms with Crippen LogP contribution in [0, 0.1) is 5.82 Å². The predicted octanol–water partition coefficient (Wildman–Crippen LogP) is 3.67. The molecule has 6 heteroatoms. The molecular weight excluding hydrogens is 339 g/mol. The van der Waals surface area contributed by atoms with Crippen molar-refractivity contribution < 1.29 is 14.0 Å². The van der Waals surface area contributed by atoms with E-state index < -0.39 is 6.04 Å². The lowest BCUT2D eigenvalue weighted by atomic mass is 10.1. The Morgan fingerprint density at radius 2 is 2.08 bits per heavy atom. The minimum atomic E-state index is -0.391. The molecule has 1 N–H and O–H groups in total. The standard InChI is InChI=1S/C19H21FN2O2S/c1-3-10-22(13-15-7-4-5-8-16(15)20)19(24)12-17(21-14(2)23)18-9-6-11-25-18/h3-9,11,17H,1,10,12-13H2,2H3,(H,21,23)/t17-/m0/s1. The van der Waals surface area contributed by atoms with Crippen LogP contribution >= 0.6 is 11.3 Å². The maximum atomic E-state index is 13.9. The van der Waals surface area contributed by atoms with Gasteiger partial charge < -0.3 is 10.2 Å². The quantitative estimate of drug-likeness (QED) is 0.730. The van der Waals surface area contributed by atoms with E-state index in [-0.39, 0.29) is 30.6 Å². The van der Waals surface area contributed by atoms with E-state index in [0.29, 0.717) is 12.1 Å². The van der Waals surface area contributed by atoms with E-state index in [1.54, 1.807) is 24.3 Å². The predicted molar refractivity (Wildman–Crippen MR) is 97.5 cm³/mol. The first-order chi connectivity index (χ1) is 12.0. The lowest BCUT2D eigenvalue weighted by Crippen LogP contribution is -2.35. The van der Waals surface area contributed by atoms with Crippen molar-refractivity contribution in [1.29, 1.82) is 0 Å². The van der Waals surface area contributed by atoms with Crippen LogP contribution in [-0.2, 0) is 16.1 Å². The average Bonchev–Trinajstić information content (AvgIpc) is 3.09. The van der Waals surface area contributed by atoms with Gasteiger partial charge in [-0.05, 0) is 17.5 Å². The van der Waals surface area contributed by atoms with E-state index >= 15 is 0 Å². The lowest BCUT2D eigenvalue weighted by Gasteiger charge is -2.24. The zero-order chi connectivity index (χ0) is 18.2.